The van der Waals surface area contributed by atoms with Crippen LogP contribution >= 0.6 is 0 Å². The van der Waals surface area contributed by atoms with Gasteiger partial charge in [0.2, 0.25) is 5.95 Å². The SMILES string of the molecule is CC1(C)CC(=O)C2=C(C1)Nc1nc(-c3ccccc3)nn1[C@@H]2c1cccnc1. The Morgan fingerprint density at radius 2 is 1.93 bits per heavy atom. The molecule has 2 aliphatic rings. The third-order valence-corrected chi connectivity index (χ3v) is 5.36. The van der Waals surface area contributed by atoms with Crippen LogP contribution in [0.2, 0.25) is 0 Å². The van der Waals surface area contributed by atoms with Crippen molar-refractivity contribution in [1.82, 2.24) is 19.7 Å². The first-order chi connectivity index (χ1) is 13.5. The number of allylic oxidation sites excluding steroid dienone is 2. The molecule has 140 valence electrons. The number of nitrogens with zero attached hydrogens (tertiary/aromatic N) is 4. The second-order valence-electron chi connectivity index (χ2n) is 8.22. The molecule has 0 saturated carbocycles. The summed E-state index contributed by atoms with van der Waals surface area (Å²) in [6.45, 7) is 4.26. The predicted octanol–water partition coefficient (Wildman–Crippen LogP) is 4.00. The highest BCUT2D eigenvalue weighted by atomic mass is 16.1. The average molecular weight is 371 g/mol. The number of ketones is 1. The van der Waals surface area contributed by atoms with Gasteiger partial charge < -0.3 is 5.32 Å². The van der Waals surface area contributed by atoms with Gasteiger partial charge in [0, 0.05) is 35.6 Å². The van der Waals surface area contributed by atoms with E-state index in [0.717, 1.165) is 28.8 Å². The Morgan fingerprint density at radius 1 is 1.11 bits per heavy atom. The molecule has 0 unspecified atom stereocenters. The van der Waals surface area contributed by atoms with E-state index in [1.54, 1.807) is 12.4 Å². The van der Waals surface area contributed by atoms with Crippen molar-refractivity contribution in [1.29, 1.82) is 0 Å². The maximum Gasteiger partial charge on any atom is 0.226 e. The molecule has 1 atom stereocenters. The number of hydrogen-bond donors (Lipinski definition) is 1. The third-order valence-electron chi connectivity index (χ3n) is 5.36. The van der Waals surface area contributed by atoms with Crippen molar-refractivity contribution in [3.63, 3.8) is 0 Å². The number of anilines is 1. The van der Waals surface area contributed by atoms with E-state index in [0.29, 0.717) is 18.2 Å². The van der Waals surface area contributed by atoms with Crippen LogP contribution in [0.25, 0.3) is 11.4 Å². The minimum atomic E-state index is -0.312. The van der Waals surface area contributed by atoms with Crippen molar-refractivity contribution in [3.05, 3.63) is 71.7 Å². The van der Waals surface area contributed by atoms with Gasteiger partial charge in [0.05, 0.1) is 0 Å². The molecule has 5 rings (SSSR count). The number of rotatable bonds is 2. The molecular weight excluding hydrogens is 350 g/mol. The quantitative estimate of drug-likeness (QED) is 0.737. The Kier molecular flexibility index (Phi) is 3.69. The molecule has 3 aromatic rings. The van der Waals surface area contributed by atoms with Crippen LogP contribution in [0.1, 0.15) is 38.3 Å². The molecule has 6 heteroatoms. The largest absolute Gasteiger partial charge is 0.328 e. The Morgan fingerprint density at radius 3 is 2.68 bits per heavy atom. The lowest BCUT2D eigenvalue weighted by Gasteiger charge is -2.38. The highest BCUT2D eigenvalue weighted by molar-refractivity contribution is 6.00. The van der Waals surface area contributed by atoms with Crippen LogP contribution in [-0.4, -0.2) is 25.5 Å². The molecule has 0 spiro atoms. The zero-order valence-corrected chi connectivity index (χ0v) is 15.9. The van der Waals surface area contributed by atoms with Crippen molar-refractivity contribution >= 4 is 11.7 Å². The van der Waals surface area contributed by atoms with Gasteiger partial charge in [-0.25, -0.2) is 4.68 Å². The first-order valence-electron chi connectivity index (χ1n) is 9.47. The fraction of sp³-hybridized carbons (Fsp3) is 0.273. The first-order valence-corrected chi connectivity index (χ1v) is 9.47. The van der Waals surface area contributed by atoms with Crippen LogP contribution in [0.3, 0.4) is 0 Å². The number of carbonyl (C=O) groups excluding carboxylic acids is 1. The Balaban J connectivity index is 1.69. The number of nitrogens with one attached hydrogen (secondary N) is 1. The normalized spacial score (nSPS) is 20.4. The average Bonchev–Trinajstić information content (AvgIpc) is 3.10. The molecule has 3 heterocycles. The van der Waals surface area contributed by atoms with E-state index >= 15 is 0 Å². The zero-order valence-electron chi connectivity index (χ0n) is 15.9. The fourth-order valence-corrected chi connectivity index (χ4v) is 4.16. The molecule has 1 aliphatic carbocycles. The minimum absolute atomic E-state index is 0.0765. The lowest BCUT2D eigenvalue weighted by atomic mass is 9.73. The van der Waals surface area contributed by atoms with E-state index in [2.05, 4.69) is 24.1 Å². The summed E-state index contributed by atoms with van der Waals surface area (Å²) in [6.07, 6.45) is 4.88. The third kappa shape index (κ3) is 2.72. The van der Waals surface area contributed by atoms with Gasteiger partial charge in [-0.3, -0.25) is 9.78 Å². The van der Waals surface area contributed by atoms with Crippen molar-refractivity contribution in [2.75, 3.05) is 5.32 Å². The molecule has 2 aromatic heterocycles. The van der Waals surface area contributed by atoms with Crippen LogP contribution in [-0.2, 0) is 4.79 Å². The first kappa shape index (κ1) is 16.9. The number of Topliss-reactive ketones (excluding diaryl/α,β-unsaturated/α-hetero) is 1. The van der Waals surface area contributed by atoms with Crippen LogP contribution in [0.15, 0.2) is 66.1 Å². The highest BCUT2D eigenvalue weighted by Gasteiger charge is 2.41. The molecule has 1 aromatic carbocycles. The van der Waals surface area contributed by atoms with Gasteiger partial charge in [-0.15, -0.1) is 5.10 Å². The summed E-state index contributed by atoms with van der Waals surface area (Å²) in [7, 11) is 0. The lowest BCUT2D eigenvalue weighted by Crippen LogP contribution is -2.36. The summed E-state index contributed by atoms with van der Waals surface area (Å²) in [5, 5.41) is 8.17. The highest BCUT2D eigenvalue weighted by Crippen LogP contribution is 2.45. The fourth-order valence-electron chi connectivity index (χ4n) is 4.16. The molecule has 6 nitrogen and oxygen atoms in total. The Labute approximate surface area is 163 Å². The summed E-state index contributed by atoms with van der Waals surface area (Å²) in [5.74, 6) is 1.47. The van der Waals surface area contributed by atoms with Crippen LogP contribution in [0, 0.1) is 5.41 Å². The van der Waals surface area contributed by atoms with E-state index in [1.807, 2.05) is 47.1 Å². The lowest BCUT2D eigenvalue weighted by molar-refractivity contribution is -0.118. The number of carbonyl (C=O) groups is 1. The summed E-state index contributed by atoms with van der Waals surface area (Å²) < 4.78 is 1.83. The van der Waals surface area contributed by atoms with E-state index in [-0.39, 0.29) is 17.2 Å². The van der Waals surface area contributed by atoms with E-state index in [9.17, 15) is 4.79 Å². The maximum absolute atomic E-state index is 13.1. The minimum Gasteiger partial charge on any atom is -0.328 e. The molecule has 0 radical (unpaired) electrons. The number of aromatic nitrogens is 4. The molecule has 0 amide bonds. The molecule has 1 N–H and O–H groups in total. The van der Waals surface area contributed by atoms with Gasteiger partial charge in [-0.05, 0) is 23.5 Å². The van der Waals surface area contributed by atoms with Crippen molar-refractivity contribution in [3.8, 4) is 11.4 Å². The summed E-state index contributed by atoms with van der Waals surface area (Å²) in [4.78, 5) is 22.1. The summed E-state index contributed by atoms with van der Waals surface area (Å²) in [5.41, 5.74) is 3.54. The molecule has 0 fully saturated rings. The Hall–Kier alpha value is -3.28. The van der Waals surface area contributed by atoms with Gasteiger partial charge in [0.25, 0.3) is 0 Å². The molecule has 1 aliphatic heterocycles. The monoisotopic (exact) mass is 371 g/mol. The standard InChI is InChI=1S/C22H21N5O/c1-22(2)11-16-18(17(28)12-22)19(15-9-6-10-23-13-15)27-21(24-16)25-20(26-27)14-7-4-3-5-8-14/h3-10,13,19H,11-12H2,1-2H3,(H,24,25,26)/t19-/m1/s1. The maximum atomic E-state index is 13.1. The van der Waals surface area contributed by atoms with E-state index < -0.39 is 0 Å². The number of fused-ring (bicyclic) bond motifs is 1. The molecular formula is C22H21N5O. The molecule has 0 bridgehead atoms. The molecule has 28 heavy (non-hydrogen) atoms. The summed E-state index contributed by atoms with van der Waals surface area (Å²) >= 11 is 0. The van der Waals surface area contributed by atoms with Crippen LogP contribution in [0.4, 0.5) is 5.95 Å². The number of benzene rings is 1. The smallest absolute Gasteiger partial charge is 0.226 e. The van der Waals surface area contributed by atoms with Crippen LogP contribution in [0.5, 0.6) is 0 Å². The van der Waals surface area contributed by atoms with Gasteiger partial charge in [-0.2, -0.15) is 4.98 Å². The van der Waals surface area contributed by atoms with E-state index in [1.165, 1.54) is 0 Å². The van der Waals surface area contributed by atoms with Gasteiger partial charge in [0.15, 0.2) is 11.6 Å². The topological polar surface area (TPSA) is 72.7 Å². The van der Waals surface area contributed by atoms with Crippen molar-refractivity contribution < 1.29 is 4.79 Å². The van der Waals surface area contributed by atoms with Crippen LogP contribution < -0.4 is 5.32 Å². The van der Waals surface area contributed by atoms with Gasteiger partial charge in [-0.1, -0.05) is 50.2 Å². The predicted molar refractivity (Wildman–Crippen MR) is 107 cm³/mol. The Bertz CT molecular complexity index is 1080. The second-order valence-corrected chi connectivity index (χ2v) is 8.22. The van der Waals surface area contributed by atoms with Crippen molar-refractivity contribution in [2.45, 2.75) is 32.7 Å². The van der Waals surface area contributed by atoms with E-state index in [4.69, 9.17) is 10.1 Å². The number of pyridine rings is 1. The van der Waals surface area contributed by atoms with Gasteiger partial charge >= 0.3 is 0 Å². The summed E-state index contributed by atoms with van der Waals surface area (Å²) in [6, 6.07) is 13.5. The number of hydrogen-bond acceptors (Lipinski definition) is 5. The molecule has 0 saturated heterocycles. The van der Waals surface area contributed by atoms with Gasteiger partial charge in [0.1, 0.15) is 6.04 Å². The van der Waals surface area contributed by atoms with Crippen molar-refractivity contribution in [2.24, 2.45) is 5.41 Å². The second kappa shape index (κ2) is 6.12. The zero-order chi connectivity index (χ0) is 19.3.